The number of hydrogen-bond acceptors (Lipinski definition) is 3. The largest absolute Gasteiger partial charge is 0.497 e. The maximum Gasteiger partial charge on any atom is 0.251 e. The molecule has 1 aliphatic rings. The summed E-state index contributed by atoms with van der Waals surface area (Å²) < 4.78 is 5.12. The lowest BCUT2D eigenvalue weighted by molar-refractivity contribution is -0.128. The number of methoxy groups -OCH3 is 1. The number of benzene rings is 2. The van der Waals surface area contributed by atoms with E-state index in [9.17, 15) is 9.59 Å². The Labute approximate surface area is 147 Å². The molecule has 0 aliphatic carbocycles. The monoisotopic (exact) mass is 338 g/mol. The molecule has 0 aromatic heterocycles. The number of rotatable bonds is 6. The van der Waals surface area contributed by atoms with Crippen LogP contribution in [0.25, 0.3) is 0 Å². The summed E-state index contributed by atoms with van der Waals surface area (Å²) in [5, 5.41) is 2.91. The highest BCUT2D eigenvalue weighted by atomic mass is 16.5. The minimum atomic E-state index is -0.111. The summed E-state index contributed by atoms with van der Waals surface area (Å²) in [6.45, 7) is 1.91. The first-order valence-electron chi connectivity index (χ1n) is 8.43. The number of amides is 2. The maximum absolute atomic E-state index is 12.2. The topological polar surface area (TPSA) is 58.6 Å². The number of likely N-dealkylation sites (tertiary alicyclic amines) is 1. The zero-order valence-corrected chi connectivity index (χ0v) is 14.3. The van der Waals surface area contributed by atoms with Gasteiger partial charge < -0.3 is 15.0 Å². The average Bonchev–Trinajstić information content (AvgIpc) is 3.05. The molecule has 0 atom stereocenters. The predicted molar refractivity (Wildman–Crippen MR) is 95.3 cm³/mol. The first kappa shape index (κ1) is 17.0. The van der Waals surface area contributed by atoms with Crippen LogP contribution in [0.5, 0.6) is 5.75 Å². The van der Waals surface area contributed by atoms with Crippen LogP contribution in [0.3, 0.4) is 0 Å². The van der Waals surface area contributed by atoms with E-state index in [1.165, 1.54) is 0 Å². The molecule has 5 heteroatoms. The lowest BCUT2D eigenvalue weighted by Gasteiger charge is -2.15. The summed E-state index contributed by atoms with van der Waals surface area (Å²) in [6, 6.07) is 15.0. The van der Waals surface area contributed by atoms with E-state index in [4.69, 9.17) is 4.74 Å². The van der Waals surface area contributed by atoms with Crippen LogP contribution >= 0.6 is 0 Å². The molecule has 0 radical (unpaired) electrons. The molecule has 0 saturated carbocycles. The minimum Gasteiger partial charge on any atom is -0.497 e. The number of carbonyl (C=O) groups is 2. The van der Waals surface area contributed by atoms with Gasteiger partial charge in [0, 0.05) is 31.6 Å². The van der Waals surface area contributed by atoms with Crippen LogP contribution in [0.1, 0.15) is 34.3 Å². The first-order chi connectivity index (χ1) is 12.2. The third-order valence-electron chi connectivity index (χ3n) is 4.37. The van der Waals surface area contributed by atoms with Gasteiger partial charge in [0.1, 0.15) is 5.75 Å². The van der Waals surface area contributed by atoms with Crippen molar-refractivity contribution in [1.29, 1.82) is 0 Å². The Morgan fingerprint density at radius 3 is 2.36 bits per heavy atom. The molecule has 2 aromatic rings. The number of nitrogens with zero attached hydrogens (tertiary/aromatic N) is 1. The normalized spacial score (nSPS) is 13.8. The van der Waals surface area contributed by atoms with E-state index in [0.29, 0.717) is 25.1 Å². The SMILES string of the molecule is COc1ccc(CNC(=O)c2ccc(CN3CCCC3=O)cc2)cc1. The standard InChI is InChI=1S/C20H22N2O3/c1-25-18-10-6-15(7-11-18)13-21-20(24)17-8-4-16(5-9-17)14-22-12-2-3-19(22)23/h4-11H,2-3,12-14H2,1H3,(H,21,24). The molecule has 1 saturated heterocycles. The Morgan fingerprint density at radius 2 is 1.76 bits per heavy atom. The van der Waals surface area contributed by atoms with Crippen LogP contribution in [0, 0.1) is 0 Å². The quantitative estimate of drug-likeness (QED) is 0.881. The fourth-order valence-corrected chi connectivity index (χ4v) is 2.88. The van der Waals surface area contributed by atoms with Crippen LogP contribution < -0.4 is 10.1 Å². The van der Waals surface area contributed by atoms with Crippen molar-refractivity contribution in [2.75, 3.05) is 13.7 Å². The number of ether oxygens (including phenoxy) is 1. The van der Waals surface area contributed by atoms with Gasteiger partial charge in [-0.2, -0.15) is 0 Å². The molecule has 25 heavy (non-hydrogen) atoms. The highest BCUT2D eigenvalue weighted by Crippen LogP contribution is 2.15. The Kier molecular flexibility index (Phi) is 5.33. The summed E-state index contributed by atoms with van der Waals surface area (Å²) in [5.41, 5.74) is 2.67. The van der Waals surface area contributed by atoms with Crippen molar-refractivity contribution in [2.45, 2.75) is 25.9 Å². The molecule has 1 N–H and O–H groups in total. The van der Waals surface area contributed by atoms with E-state index in [0.717, 1.165) is 29.8 Å². The van der Waals surface area contributed by atoms with E-state index in [2.05, 4.69) is 5.32 Å². The molecule has 0 bridgehead atoms. The summed E-state index contributed by atoms with van der Waals surface area (Å²) in [6.07, 6.45) is 1.58. The third kappa shape index (κ3) is 4.38. The minimum absolute atomic E-state index is 0.111. The van der Waals surface area contributed by atoms with Crippen LogP contribution in [-0.4, -0.2) is 30.4 Å². The maximum atomic E-state index is 12.2. The Balaban J connectivity index is 1.54. The number of hydrogen-bond donors (Lipinski definition) is 1. The molecule has 1 heterocycles. The Morgan fingerprint density at radius 1 is 1.08 bits per heavy atom. The van der Waals surface area contributed by atoms with Crippen LogP contribution in [0.4, 0.5) is 0 Å². The third-order valence-corrected chi connectivity index (χ3v) is 4.37. The molecule has 0 spiro atoms. The van der Waals surface area contributed by atoms with Gasteiger partial charge in [-0.3, -0.25) is 9.59 Å². The van der Waals surface area contributed by atoms with E-state index in [-0.39, 0.29) is 11.8 Å². The van der Waals surface area contributed by atoms with Gasteiger partial charge in [0.2, 0.25) is 5.91 Å². The summed E-state index contributed by atoms with van der Waals surface area (Å²) in [5.74, 6) is 0.892. The lowest BCUT2D eigenvalue weighted by Crippen LogP contribution is -2.24. The molecule has 5 nitrogen and oxygen atoms in total. The molecule has 0 unspecified atom stereocenters. The van der Waals surface area contributed by atoms with Crippen molar-refractivity contribution >= 4 is 11.8 Å². The van der Waals surface area contributed by atoms with Crippen molar-refractivity contribution in [3.05, 3.63) is 65.2 Å². The van der Waals surface area contributed by atoms with E-state index >= 15 is 0 Å². The molecule has 2 aromatic carbocycles. The average molecular weight is 338 g/mol. The van der Waals surface area contributed by atoms with E-state index < -0.39 is 0 Å². The van der Waals surface area contributed by atoms with Gasteiger partial charge in [-0.15, -0.1) is 0 Å². The lowest BCUT2D eigenvalue weighted by atomic mass is 10.1. The van der Waals surface area contributed by atoms with Crippen LogP contribution in [-0.2, 0) is 17.9 Å². The van der Waals surface area contributed by atoms with Crippen molar-refractivity contribution in [1.82, 2.24) is 10.2 Å². The second-order valence-electron chi connectivity index (χ2n) is 6.15. The van der Waals surface area contributed by atoms with Crippen LogP contribution in [0.2, 0.25) is 0 Å². The van der Waals surface area contributed by atoms with E-state index in [1.807, 2.05) is 41.3 Å². The van der Waals surface area contributed by atoms with Gasteiger partial charge in [-0.25, -0.2) is 0 Å². The second-order valence-corrected chi connectivity index (χ2v) is 6.15. The van der Waals surface area contributed by atoms with Gasteiger partial charge in [-0.05, 0) is 41.8 Å². The van der Waals surface area contributed by atoms with Gasteiger partial charge in [0.05, 0.1) is 7.11 Å². The summed E-state index contributed by atoms with van der Waals surface area (Å²) in [4.78, 5) is 25.8. The van der Waals surface area contributed by atoms with Crippen molar-refractivity contribution in [3.63, 3.8) is 0 Å². The zero-order chi connectivity index (χ0) is 17.6. The van der Waals surface area contributed by atoms with Gasteiger partial charge >= 0.3 is 0 Å². The van der Waals surface area contributed by atoms with Gasteiger partial charge in [-0.1, -0.05) is 24.3 Å². The zero-order valence-electron chi connectivity index (χ0n) is 14.3. The molecule has 3 rings (SSSR count). The van der Waals surface area contributed by atoms with Gasteiger partial charge in [0.15, 0.2) is 0 Å². The molecule has 130 valence electrons. The molecule has 2 amide bonds. The molecular formula is C20H22N2O3. The fraction of sp³-hybridized carbons (Fsp3) is 0.300. The summed E-state index contributed by atoms with van der Waals surface area (Å²) >= 11 is 0. The predicted octanol–water partition coefficient (Wildman–Crippen LogP) is 2.75. The fourth-order valence-electron chi connectivity index (χ4n) is 2.88. The molecule has 1 fully saturated rings. The summed E-state index contributed by atoms with van der Waals surface area (Å²) in [7, 11) is 1.63. The van der Waals surface area contributed by atoms with E-state index in [1.54, 1.807) is 19.2 Å². The molecule has 1 aliphatic heterocycles. The van der Waals surface area contributed by atoms with Crippen LogP contribution in [0.15, 0.2) is 48.5 Å². The van der Waals surface area contributed by atoms with Gasteiger partial charge in [0.25, 0.3) is 5.91 Å². The highest BCUT2D eigenvalue weighted by Gasteiger charge is 2.19. The highest BCUT2D eigenvalue weighted by molar-refractivity contribution is 5.94. The first-order valence-corrected chi connectivity index (χ1v) is 8.43. The van der Waals surface area contributed by atoms with Crippen molar-refractivity contribution in [2.24, 2.45) is 0 Å². The second kappa shape index (κ2) is 7.83. The number of nitrogens with one attached hydrogen (secondary N) is 1. The Hall–Kier alpha value is -2.82. The van der Waals surface area contributed by atoms with Crippen molar-refractivity contribution in [3.8, 4) is 5.75 Å². The smallest absolute Gasteiger partial charge is 0.251 e. The molecular weight excluding hydrogens is 316 g/mol. The van der Waals surface area contributed by atoms with Crippen molar-refractivity contribution < 1.29 is 14.3 Å². The number of carbonyl (C=O) groups excluding carboxylic acids is 2. The Bertz CT molecular complexity index is 739.